The highest BCUT2D eigenvalue weighted by Crippen LogP contribution is 2.59. The minimum Gasteiger partial charge on any atom is -0.472 e. The van der Waals surface area contributed by atoms with Gasteiger partial charge in [-0.05, 0) is 75.7 Å². The number of hydrogen-bond donors (Lipinski definition) is 0. The molecule has 5 nitrogen and oxygen atoms in total. The van der Waals surface area contributed by atoms with Gasteiger partial charge in [0.15, 0.2) is 11.6 Å². The molecule has 0 bridgehead atoms. The second kappa shape index (κ2) is 7.86. The Kier molecular flexibility index (Phi) is 5.39. The normalized spacial score (nSPS) is 31.3. The Morgan fingerprint density at radius 3 is 2.70 bits per heavy atom. The number of carbonyl (C=O) groups is 3. The molecule has 3 aliphatic rings. The number of esters is 1. The molecular weight excluding hydrogens is 380 g/mol. The average molecular weight is 408 g/mol. The lowest BCUT2D eigenvalue weighted by Crippen LogP contribution is -2.45. The lowest BCUT2D eigenvalue weighted by atomic mass is 9.55. The molecule has 0 amide bonds. The molecule has 0 aromatic carbocycles. The van der Waals surface area contributed by atoms with E-state index in [1.165, 1.54) is 29.4 Å². The van der Waals surface area contributed by atoms with Gasteiger partial charge in [0.2, 0.25) is 0 Å². The van der Waals surface area contributed by atoms with Crippen LogP contribution in [0.2, 0.25) is 0 Å². The van der Waals surface area contributed by atoms with Crippen molar-refractivity contribution in [2.24, 2.45) is 17.3 Å². The maximum atomic E-state index is 13.4. The number of furan rings is 1. The van der Waals surface area contributed by atoms with E-state index in [1.54, 1.807) is 12.5 Å². The van der Waals surface area contributed by atoms with Crippen molar-refractivity contribution in [1.29, 1.82) is 0 Å². The summed E-state index contributed by atoms with van der Waals surface area (Å²) in [7, 11) is 0. The molecule has 1 saturated carbocycles. The van der Waals surface area contributed by atoms with Crippen LogP contribution in [0.15, 0.2) is 58.0 Å². The van der Waals surface area contributed by atoms with Crippen molar-refractivity contribution in [3.63, 3.8) is 0 Å². The van der Waals surface area contributed by atoms with Gasteiger partial charge in [0.1, 0.15) is 6.10 Å². The van der Waals surface area contributed by atoms with E-state index in [4.69, 9.17) is 9.15 Å². The van der Waals surface area contributed by atoms with Crippen LogP contribution in [0.1, 0.15) is 64.5 Å². The lowest BCUT2D eigenvalue weighted by Gasteiger charge is -2.45. The Labute approximate surface area is 176 Å². The molecule has 0 N–H and O–H groups in total. The summed E-state index contributed by atoms with van der Waals surface area (Å²) >= 11 is 0. The second-order valence-electron chi connectivity index (χ2n) is 9.02. The van der Waals surface area contributed by atoms with E-state index >= 15 is 0 Å². The predicted molar refractivity (Wildman–Crippen MR) is 111 cm³/mol. The van der Waals surface area contributed by atoms with E-state index in [9.17, 15) is 14.4 Å². The van der Waals surface area contributed by atoms with E-state index in [0.29, 0.717) is 24.8 Å². The summed E-state index contributed by atoms with van der Waals surface area (Å²) in [6.45, 7) is 6.33. The molecule has 2 aliphatic carbocycles. The quantitative estimate of drug-likeness (QED) is 0.396. The van der Waals surface area contributed by atoms with Crippen LogP contribution in [0.5, 0.6) is 0 Å². The Morgan fingerprint density at radius 2 is 2.00 bits per heavy atom. The molecule has 4 atom stereocenters. The molecule has 30 heavy (non-hydrogen) atoms. The van der Waals surface area contributed by atoms with E-state index in [-0.39, 0.29) is 35.5 Å². The van der Waals surface area contributed by atoms with Crippen molar-refractivity contribution in [3.8, 4) is 0 Å². The molecule has 1 aromatic rings. The smallest absolute Gasteiger partial charge is 0.313 e. The highest BCUT2D eigenvalue weighted by atomic mass is 16.6. The highest BCUT2D eigenvalue weighted by molar-refractivity contribution is 6.17. The zero-order chi connectivity index (χ0) is 21.5. The van der Waals surface area contributed by atoms with E-state index in [1.807, 2.05) is 6.07 Å². The molecule has 2 fully saturated rings. The molecule has 158 valence electrons. The van der Waals surface area contributed by atoms with Crippen molar-refractivity contribution in [1.82, 2.24) is 0 Å². The first-order valence-electron chi connectivity index (χ1n) is 10.7. The number of rotatable bonds is 4. The number of hydrogen-bond acceptors (Lipinski definition) is 5. The van der Waals surface area contributed by atoms with E-state index < -0.39 is 5.41 Å². The van der Waals surface area contributed by atoms with Crippen molar-refractivity contribution in [3.05, 3.63) is 59.1 Å². The van der Waals surface area contributed by atoms with Crippen LogP contribution in [0.4, 0.5) is 0 Å². The summed E-state index contributed by atoms with van der Waals surface area (Å²) in [5, 5.41) is 0. The second-order valence-corrected chi connectivity index (χ2v) is 9.02. The van der Waals surface area contributed by atoms with Crippen LogP contribution in [0.25, 0.3) is 0 Å². The van der Waals surface area contributed by atoms with Crippen LogP contribution in [-0.4, -0.2) is 17.5 Å². The van der Waals surface area contributed by atoms with Gasteiger partial charge >= 0.3 is 5.97 Å². The first-order valence-corrected chi connectivity index (χ1v) is 10.7. The number of allylic oxidation sites excluding steroid dienone is 6. The average Bonchev–Trinajstić information content (AvgIpc) is 3.34. The Hall–Kier alpha value is -2.69. The SMILES string of the molecule is CC(C)=C1CC[C@@H](C)[C@]2(C[C@@H](c3ccoc3)OC2=O)[C@H]1CCC1=CC(=O)C=CC1=O. The minimum atomic E-state index is -0.620. The van der Waals surface area contributed by atoms with Gasteiger partial charge in [-0.1, -0.05) is 18.1 Å². The molecule has 1 aliphatic heterocycles. The molecule has 0 radical (unpaired) electrons. The van der Waals surface area contributed by atoms with Gasteiger partial charge in [-0.3, -0.25) is 14.4 Å². The van der Waals surface area contributed by atoms with Crippen molar-refractivity contribution in [2.75, 3.05) is 0 Å². The van der Waals surface area contributed by atoms with E-state index in [2.05, 4.69) is 20.8 Å². The summed E-state index contributed by atoms with van der Waals surface area (Å²) in [6.07, 6.45) is 10.7. The summed E-state index contributed by atoms with van der Waals surface area (Å²) in [5.74, 6) is -0.252. The van der Waals surface area contributed by atoms with Crippen molar-refractivity contribution in [2.45, 2.75) is 59.0 Å². The molecule has 4 rings (SSSR count). The lowest BCUT2D eigenvalue weighted by molar-refractivity contribution is -0.154. The van der Waals surface area contributed by atoms with Gasteiger partial charge in [-0.25, -0.2) is 0 Å². The Balaban J connectivity index is 1.68. The molecule has 1 spiro atoms. The Bertz CT molecular complexity index is 958. The largest absolute Gasteiger partial charge is 0.472 e. The monoisotopic (exact) mass is 408 g/mol. The highest BCUT2D eigenvalue weighted by Gasteiger charge is 2.59. The first-order chi connectivity index (χ1) is 14.3. The zero-order valence-electron chi connectivity index (χ0n) is 17.8. The topological polar surface area (TPSA) is 73.6 Å². The molecule has 5 heteroatoms. The third-order valence-electron chi connectivity index (χ3n) is 7.21. The van der Waals surface area contributed by atoms with Crippen LogP contribution in [0, 0.1) is 17.3 Å². The molecule has 0 unspecified atom stereocenters. The van der Waals surface area contributed by atoms with Gasteiger partial charge in [-0.2, -0.15) is 0 Å². The van der Waals surface area contributed by atoms with Gasteiger partial charge in [0, 0.05) is 17.6 Å². The molecular formula is C25H28O5. The van der Waals surface area contributed by atoms with Crippen LogP contribution < -0.4 is 0 Å². The summed E-state index contributed by atoms with van der Waals surface area (Å²) in [6, 6.07) is 1.85. The van der Waals surface area contributed by atoms with Crippen molar-refractivity contribution >= 4 is 17.5 Å². The third-order valence-corrected chi connectivity index (χ3v) is 7.21. The van der Waals surface area contributed by atoms with Gasteiger partial charge in [-0.15, -0.1) is 0 Å². The molecule has 1 saturated heterocycles. The fourth-order valence-electron chi connectivity index (χ4n) is 5.54. The van der Waals surface area contributed by atoms with Crippen LogP contribution in [-0.2, 0) is 19.1 Å². The fraction of sp³-hybridized carbons (Fsp3) is 0.480. The number of carbonyl (C=O) groups excluding carboxylic acids is 3. The predicted octanol–water partition coefficient (Wildman–Crippen LogP) is 5.05. The third kappa shape index (κ3) is 3.40. The number of ether oxygens (including phenoxy) is 1. The maximum absolute atomic E-state index is 13.4. The van der Waals surface area contributed by atoms with Gasteiger partial charge in [0.05, 0.1) is 17.9 Å². The zero-order valence-corrected chi connectivity index (χ0v) is 17.8. The summed E-state index contributed by atoms with van der Waals surface area (Å²) in [4.78, 5) is 37.4. The van der Waals surface area contributed by atoms with Gasteiger partial charge in [0.25, 0.3) is 0 Å². The standard InChI is InChI=1S/C25H28O5/c1-15(2)20-7-4-16(3)25(13-23(30-24(25)28)18-10-11-29-14-18)21(20)8-5-17-12-19(26)6-9-22(17)27/h6,9-12,14,16,21,23H,4-5,7-8,13H2,1-3H3/t16-,21+,23+,25-/m1/s1. The van der Waals surface area contributed by atoms with Crippen LogP contribution >= 0.6 is 0 Å². The minimum absolute atomic E-state index is 0.00893. The Morgan fingerprint density at radius 1 is 1.20 bits per heavy atom. The maximum Gasteiger partial charge on any atom is 0.313 e. The van der Waals surface area contributed by atoms with Crippen LogP contribution in [0.3, 0.4) is 0 Å². The fourth-order valence-corrected chi connectivity index (χ4v) is 5.54. The molecule has 2 heterocycles. The van der Waals surface area contributed by atoms with Gasteiger partial charge < -0.3 is 9.15 Å². The van der Waals surface area contributed by atoms with E-state index in [0.717, 1.165) is 18.4 Å². The first kappa shape index (κ1) is 20.6. The number of cyclic esters (lactones) is 1. The number of ketones is 2. The summed E-state index contributed by atoms with van der Waals surface area (Å²) in [5.41, 5.74) is 3.32. The van der Waals surface area contributed by atoms with Crippen molar-refractivity contribution < 1.29 is 23.5 Å². The molecule has 1 aromatic heterocycles. The summed E-state index contributed by atoms with van der Waals surface area (Å²) < 4.78 is 11.1.